The first-order valence-corrected chi connectivity index (χ1v) is 12.6. The van der Waals surface area contributed by atoms with E-state index in [-0.39, 0.29) is 22.7 Å². The molecule has 38 heavy (non-hydrogen) atoms. The number of likely N-dealkylation sites (N-methyl/N-ethyl adjacent to an activating group) is 1. The Morgan fingerprint density at radius 2 is 1.71 bits per heavy atom. The SMILES string of the molecule is CN(C)CCNC(=O)c1cc(C(=O)N2CCCc3ccccc32)cc(-n2c(=O)[nH]c3ccccc3c2=O)c1. The van der Waals surface area contributed by atoms with Crippen molar-refractivity contribution in [2.45, 2.75) is 12.8 Å². The van der Waals surface area contributed by atoms with Crippen LogP contribution < -0.4 is 21.5 Å². The van der Waals surface area contributed by atoms with Gasteiger partial charge in [-0.25, -0.2) is 9.36 Å². The van der Waals surface area contributed by atoms with Crippen molar-refractivity contribution in [3.05, 3.63) is 104 Å². The Morgan fingerprint density at radius 3 is 2.53 bits per heavy atom. The third-order valence-corrected chi connectivity index (χ3v) is 6.69. The zero-order valence-electron chi connectivity index (χ0n) is 21.4. The molecule has 9 heteroatoms. The van der Waals surface area contributed by atoms with Gasteiger partial charge in [-0.2, -0.15) is 0 Å². The van der Waals surface area contributed by atoms with Gasteiger partial charge in [-0.1, -0.05) is 30.3 Å². The average Bonchev–Trinajstić information content (AvgIpc) is 2.92. The molecule has 2 amide bonds. The van der Waals surface area contributed by atoms with Gasteiger partial charge in [-0.3, -0.25) is 14.4 Å². The number of para-hydroxylation sites is 2. The van der Waals surface area contributed by atoms with Crippen LogP contribution in [0.15, 0.2) is 76.3 Å². The average molecular weight is 512 g/mol. The second kappa shape index (κ2) is 10.5. The maximum Gasteiger partial charge on any atom is 0.333 e. The molecule has 0 aliphatic carbocycles. The van der Waals surface area contributed by atoms with Gasteiger partial charge in [0.05, 0.1) is 16.6 Å². The van der Waals surface area contributed by atoms with Gasteiger partial charge in [0, 0.05) is 36.4 Å². The van der Waals surface area contributed by atoms with Gasteiger partial charge in [-0.05, 0) is 68.9 Å². The fourth-order valence-electron chi connectivity index (χ4n) is 4.79. The number of fused-ring (bicyclic) bond motifs is 2. The van der Waals surface area contributed by atoms with Crippen molar-refractivity contribution in [1.82, 2.24) is 19.8 Å². The van der Waals surface area contributed by atoms with E-state index >= 15 is 0 Å². The molecule has 0 fully saturated rings. The van der Waals surface area contributed by atoms with Crippen LogP contribution in [-0.2, 0) is 6.42 Å². The number of amides is 2. The van der Waals surface area contributed by atoms with Crippen molar-refractivity contribution in [1.29, 1.82) is 0 Å². The lowest BCUT2D eigenvalue weighted by atomic mass is 10.00. The summed E-state index contributed by atoms with van der Waals surface area (Å²) in [5, 5.41) is 3.18. The van der Waals surface area contributed by atoms with Crippen LogP contribution in [0, 0.1) is 0 Å². The minimum Gasteiger partial charge on any atom is -0.351 e. The first-order chi connectivity index (χ1) is 18.3. The summed E-state index contributed by atoms with van der Waals surface area (Å²) in [6, 6.07) is 19.0. The van der Waals surface area contributed by atoms with E-state index in [1.54, 1.807) is 29.2 Å². The summed E-state index contributed by atoms with van der Waals surface area (Å²) in [6.07, 6.45) is 1.69. The summed E-state index contributed by atoms with van der Waals surface area (Å²) in [7, 11) is 3.80. The van der Waals surface area contributed by atoms with E-state index in [9.17, 15) is 19.2 Å². The summed E-state index contributed by atoms with van der Waals surface area (Å²) in [5.74, 6) is -0.696. The van der Waals surface area contributed by atoms with Crippen LogP contribution in [0.1, 0.15) is 32.7 Å². The molecule has 194 valence electrons. The van der Waals surface area contributed by atoms with Crippen LogP contribution in [0.25, 0.3) is 16.6 Å². The quantitative estimate of drug-likeness (QED) is 0.414. The number of rotatable bonds is 6. The van der Waals surface area contributed by atoms with Gasteiger partial charge < -0.3 is 20.1 Å². The standard InChI is InChI=1S/C29H29N5O4/c1-32(2)15-13-30-26(35)20-16-21(27(36)33-14-7-9-19-8-3-6-12-25(19)33)18-22(17-20)34-28(37)23-10-4-5-11-24(23)31-29(34)38/h3-6,8,10-12,16-18H,7,9,13-15H2,1-2H3,(H,30,35)(H,31,38). The molecule has 4 aromatic rings. The number of hydrogen-bond donors (Lipinski definition) is 2. The molecule has 5 rings (SSSR count). The van der Waals surface area contributed by atoms with Gasteiger partial charge >= 0.3 is 5.69 Å². The molecular formula is C29H29N5O4. The lowest BCUT2D eigenvalue weighted by molar-refractivity contribution is 0.0951. The number of benzene rings is 3. The highest BCUT2D eigenvalue weighted by atomic mass is 16.2. The van der Waals surface area contributed by atoms with Crippen molar-refractivity contribution in [2.24, 2.45) is 0 Å². The molecule has 9 nitrogen and oxygen atoms in total. The molecule has 3 aromatic carbocycles. The molecule has 1 aliphatic rings. The van der Waals surface area contributed by atoms with Gasteiger partial charge in [0.15, 0.2) is 0 Å². The Morgan fingerprint density at radius 1 is 0.974 bits per heavy atom. The summed E-state index contributed by atoms with van der Waals surface area (Å²) in [4.78, 5) is 59.7. The zero-order valence-corrected chi connectivity index (χ0v) is 21.4. The van der Waals surface area contributed by atoms with E-state index in [4.69, 9.17) is 0 Å². The monoisotopic (exact) mass is 511 g/mol. The maximum absolute atomic E-state index is 13.8. The molecule has 1 aromatic heterocycles. The highest BCUT2D eigenvalue weighted by molar-refractivity contribution is 6.08. The van der Waals surface area contributed by atoms with Crippen molar-refractivity contribution in [2.75, 3.05) is 38.6 Å². The Bertz CT molecular complexity index is 1650. The van der Waals surface area contributed by atoms with Crippen molar-refractivity contribution in [3.63, 3.8) is 0 Å². The Balaban J connectivity index is 1.63. The number of anilines is 1. The van der Waals surface area contributed by atoms with Gasteiger partial charge in [0.25, 0.3) is 17.4 Å². The second-order valence-corrected chi connectivity index (χ2v) is 9.63. The Labute approximate surface area is 219 Å². The molecule has 0 bridgehead atoms. The summed E-state index contributed by atoms with van der Waals surface area (Å²) >= 11 is 0. The van der Waals surface area contributed by atoms with E-state index in [1.165, 1.54) is 18.2 Å². The summed E-state index contributed by atoms with van der Waals surface area (Å²) in [6.45, 7) is 1.56. The zero-order chi connectivity index (χ0) is 26.8. The molecule has 2 heterocycles. The Hall–Kier alpha value is -4.50. The molecular weight excluding hydrogens is 482 g/mol. The summed E-state index contributed by atoms with van der Waals surface area (Å²) < 4.78 is 0.972. The predicted molar refractivity (Wildman–Crippen MR) is 147 cm³/mol. The molecule has 2 N–H and O–H groups in total. The van der Waals surface area contributed by atoms with Crippen LogP contribution in [0.3, 0.4) is 0 Å². The van der Waals surface area contributed by atoms with Crippen LogP contribution >= 0.6 is 0 Å². The van der Waals surface area contributed by atoms with E-state index in [1.807, 2.05) is 43.3 Å². The summed E-state index contributed by atoms with van der Waals surface area (Å²) in [5.41, 5.74) is 1.69. The number of carbonyl (C=O) groups is 2. The number of nitrogens with zero attached hydrogens (tertiary/aromatic N) is 3. The van der Waals surface area contributed by atoms with E-state index < -0.39 is 17.2 Å². The van der Waals surface area contributed by atoms with E-state index in [0.29, 0.717) is 30.5 Å². The first-order valence-electron chi connectivity index (χ1n) is 12.6. The van der Waals surface area contributed by atoms with Crippen LogP contribution in [-0.4, -0.2) is 60.0 Å². The molecule has 0 saturated carbocycles. The lowest BCUT2D eigenvalue weighted by Gasteiger charge is -2.29. The minimum atomic E-state index is -0.652. The van der Waals surface area contributed by atoms with Gasteiger partial charge in [-0.15, -0.1) is 0 Å². The van der Waals surface area contributed by atoms with Crippen LogP contribution in [0.4, 0.5) is 5.69 Å². The third kappa shape index (κ3) is 4.88. The second-order valence-electron chi connectivity index (χ2n) is 9.63. The molecule has 0 spiro atoms. The molecule has 0 atom stereocenters. The highest BCUT2D eigenvalue weighted by Crippen LogP contribution is 2.28. The number of aryl methyl sites for hydroxylation is 1. The number of nitrogens with one attached hydrogen (secondary N) is 2. The smallest absolute Gasteiger partial charge is 0.333 e. The number of aromatic amines is 1. The number of H-pyrrole nitrogens is 1. The van der Waals surface area contributed by atoms with Crippen molar-refractivity contribution >= 4 is 28.4 Å². The topological polar surface area (TPSA) is 108 Å². The Kier molecular flexibility index (Phi) is 6.93. The largest absolute Gasteiger partial charge is 0.351 e. The maximum atomic E-state index is 13.8. The normalized spacial score (nSPS) is 13.0. The predicted octanol–water partition coefficient (Wildman–Crippen LogP) is 2.56. The fourth-order valence-corrected chi connectivity index (χ4v) is 4.79. The molecule has 0 radical (unpaired) electrons. The minimum absolute atomic E-state index is 0.149. The fraction of sp³-hybridized carbons (Fsp3) is 0.241. The van der Waals surface area contributed by atoms with Gasteiger partial charge in [0.2, 0.25) is 0 Å². The number of carbonyl (C=O) groups excluding carboxylic acids is 2. The lowest BCUT2D eigenvalue weighted by Crippen LogP contribution is -2.37. The number of hydrogen-bond acceptors (Lipinski definition) is 5. The number of aromatic nitrogens is 2. The van der Waals surface area contributed by atoms with E-state index in [2.05, 4.69) is 10.3 Å². The van der Waals surface area contributed by atoms with E-state index in [0.717, 1.165) is 28.7 Å². The van der Waals surface area contributed by atoms with Crippen LogP contribution in [0.2, 0.25) is 0 Å². The van der Waals surface area contributed by atoms with Crippen molar-refractivity contribution in [3.8, 4) is 5.69 Å². The molecule has 0 saturated heterocycles. The molecule has 1 aliphatic heterocycles. The molecule has 0 unspecified atom stereocenters. The van der Waals surface area contributed by atoms with Crippen molar-refractivity contribution < 1.29 is 9.59 Å². The first kappa shape index (κ1) is 25.2. The van der Waals surface area contributed by atoms with Gasteiger partial charge in [0.1, 0.15) is 0 Å². The highest BCUT2D eigenvalue weighted by Gasteiger charge is 2.25. The third-order valence-electron chi connectivity index (χ3n) is 6.69. The van der Waals surface area contributed by atoms with Crippen LogP contribution in [0.5, 0.6) is 0 Å².